The van der Waals surface area contributed by atoms with Crippen molar-refractivity contribution >= 4 is 0 Å². The first kappa shape index (κ1) is 12.3. The van der Waals surface area contributed by atoms with Crippen LogP contribution in [0.1, 0.15) is 64.2 Å². The Bertz CT molecular complexity index is 171. The molecule has 94 valence electrons. The molecule has 0 aliphatic heterocycles. The molecule has 0 heterocycles. The maximum atomic E-state index is 14.1. The van der Waals surface area contributed by atoms with Crippen molar-refractivity contribution in [1.29, 1.82) is 0 Å². The summed E-state index contributed by atoms with van der Waals surface area (Å²) in [7, 11) is 0. The van der Waals surface area contributed by atoms with Gasteiger partial charge < -0.3 is 0 Å². The van der Waals surface area contributed by atoms with Crippen molar-refractivity contribution in [2.45, 2.75) is 76.6 Å². The van der Waals surface area contributed by atoms with Crippen LogP contribution >= 0.6 is 0 Å². The van der Waals surface area contributed by atoms with Crippen molar-refractivity contribution in [3.05, 3.63) is 0 Å². The molecule has 2 rings (SSSR count). The Morgan fingerprint density at radius 3 is 1.19 bits per heavy atom. The predicted octanol–water partition coefficient (Wildman–Crippen LogP) is 4.82. The number of halogens is 2. The molecule has 0 aromatic rings. The van der Waals surface area contributed by atoms with Gasteiger partial charge >= 0.3 is 0 Å². The van der Waals surface area contributed by atoms with Gasteiger partial charge in [-0.05, 0) is 37.5 Å². The molecule has 0 spiro atoms. The third kappa shape index (κ3) is 2.95. The number of rotatable bonds is 3. The van der Waals surface area contributed by atoms with Gasteiger partial charge in [-0.2, -0.15) is 0 Å². The first-order valence-electron chi connectivity index (χ1n) is 7.07. The van der Waals surface area contributed by atoms with Gasteiger partial charge in [-0.25, -0.2) is 8.78 Å². The van der Waals surface area contributed by atoms with Crippen LogP contribution in [-0.2, 0) is 0 Å². The third-order valence-electron chi connectivity index (χ3n) is 4.50. The monoisotopic (exact) mass is 230 g/mol. The molecule has 16 heavy (non-hydrogen) atoms. The molecule has 0 unspecified atom stereocenters. The Morgan fingerprint density at radius 1 is 0.562 bits per heavy atom. The lowest BCUT2D eigenvalue weighted by atomic mass is 9.78. The standard InChI is InChI=1S/C14H24F2/c15-13(11-7-3-1-4-8-11)14(16)12-9-5-2-6-10-12/h11-14H,1-10H2/t13-,14-/m0/s1. The Hall–Kier alpha value is -0.140. The van der Waals surface area contributed by atoms with E-state index in [1.807, 2.05) is 0 Å². The van der Waals surface area contributed by atoms with E-state index in [0.29, 0.717) is 0 Å². The van der Waals surface area contributed by atoms with Crippen LogP contribution in [0.15, 0.2) is 0 Å². The predicted molar refractivity (Wildman–Crippen MR) is 62.9 cm³/mol. The van der Waals surface area contributed by atoms with Crippen molar-refractivity contribution in [3.63, 3.8) is 0 Å². The quantitative estimate of drug-likeness (QED) is 0.652. The Balaban J connectivity index is 1.84. The Kier molecular flexibility index (Phi) is 4.60. The Morgan fingerprint density at radius 2 is 0.875 bits per heavy atom. The number of alkyl halides is 2. The highest BCUT2D eigenvalue weighted by Crippen LogP contribution is 2.36. The minimum atomic E-state index is -1.18. The zero-order valence-electron chi connectivity index (χ0n) is 10.1. The minimum Gasteiger partial charge on any atom is -0.244 e. The molecule has 0 N–H and O–H groups in total. The van der Waals surface area contributed by atoms with Gasteiger partial charge in [0.2, 0.25) is 0 Å². The van der Waals surface area contributed by atoms with Gasteiger partial charge in [-0.3, -0.25) is 0 Å². The topological polar surface area (TPSA) is 0 Å². The lowest BCUT2D eigenvalue weighted by Crippen LogP contribution is -2.34. The number of hydrogen-bond donors (Lipinski definition) is 0. The van der Waals surface area contributed by atoms with Gasteiger partial charge in [0.1, 0.15) is 12.3 Å². The summed E-state index contributed by atoms with van der Waals surface area (Å²) in [5.41, 5.74) is 0. The fourth-order valence-electron chi connectivity index (χ4n) is 3.43. The zero-order chi connectivity index (χ0) is 11.4. The zero-order valence-corrected chi connectivity index (χ0v) is 10.1. The van der Waals surface area contributed by atoms with E-state index in [2.05, 4.69) is 0 Å². The molecular weight excluding hydrogens is 206 g/mol. The second kappa shape index (κ2) is 5.97. The smallest absolute Gasteiger partial charge is 0.134 e. The van der Waals surface area contributed by atoms with Crippen LogP contribution in [0.4, 0.5) is 8.78 Å². The molecule has 0 saturated heterocycles. The summed E-state index contributed by atoms with van der Waals surface area (Å²) in [4.78, 5) is 0. The van der Waals surface area contributed by atoms with Crippen molar-refractivity contribution in [2.75, 3.05) is 0 Å². The summed E-state index contributed by atoms with van der Waals surface area (Å²) >= 11 is 0. The second-order valence-electron chi connectivity index (χ2n) is 5.69. The van der Waals surface area contributed by atoms with E-state index in [4.69, 9.17) is 0 Å². The minimum absolute atomic E-state index is 0.0191. The van der Waals surface area contributed by atoms with E-state index in [-0.39, 0.29) is 11.8 Å². The fraction of sp³-hybridized carbons (Fsp3) is 1.00. The summed E-state index contributed by atoms with van der Waals surface area (Å²) in [6.07, 6.45) is 8.11. The van der Waals surface area contributed by atoms with E-state index < -0.39 is 12.3 Å². The van der Waals surface area contributed by atoms with Crippen LogP contribution in [0.2, 0.25) is 0 Å². The van der Waals surface area contributed by atoms with E-state index in [1.165, 1.54) is 12.8 Å². The highest BCUT2D eigenvalue weighted by Gasteiger charge is 2.35. The van der Waals surface area contributed by atoms with Crippen LogP contribution in [0.25, 0.3) is 0 Å². The first-order valence-corrected chi connectivity index (χ1v) is 7.07. The van der Waals surface area contributed by atoms with Gasteiger partial charge in [-0.15, -0.1) is 0 Å². The second-order valence-corrected chi connectivity index (χ2v) is 5.69. The summed E-state index contributed by atoms with van der Waals surface area (Å²) < 4.78 is 28.2. The summed E-state index contributed by atoms with van der Waals surface area (Å²) in [6.45, 7) is 0. The molecular formula is C14H24F2. The molecule has 2 heteroatoms. The molecule has 2 aliphatic carbocycles. The summed E-state index contributed by atoms with van der Waals surface area (Å²) in [5.74, 6) is 0.0383. The fourth-order valence-corrected chi connectivity index (χ4v) is 3.43. The van der Waals surface area contributed by atoms with Gasteiger partial charge in [0.15, 0.2) is 0 Å². The van der Waals surface area contributed by atoms with Crippen molar-refractivity contribution in [2.24, 2.45) is 11.8 Å². The maximum Gasteiger partial charge on any atom is 0.134 e. The average Bonchev–Trinajstić information content (AvgIpc) is 2.39. The highest BCUT2D eigenvalue weighted by atomic mass is 19.2. The van der Waals surface area contributed by atoms with Gasteiger partial charge in [0.05, 0.1) is 0 Å². The van der Waals surface area contributed by atoms with E-state index in [1.54, 1.807) is 0 Å². The van der Waals surface area contributed by atoms with Crippen LogP contribution in [-0.4, -0.2) is 12.3 Å². The van der Waals surface area contributed by atoms with Crippen LogP contribution in [0.3, 0.4) is 0 Å². The highest BCUT2D eigenvalue weighted by molar-refractivity contribution is 4.85. The van der Waals surface area contributed by atoms with Crippen molar-refractivity contribution in [3.8, 4) is 0 Å². The molecule has 2 aliphatic rings. The average molecular weight is 230 g/mol. The van der Waals surface area contributed by atoms with Gasteiger partial charge in [0.25, 0.3) is 0 Å². The molecule has 2 atom stereocenters. The third-order valence-corrected chi connectivity index (χ3v) is 4.50. The van der Waals surface area contributed by atoms with E-state index >= 15 is 0 Å². The molecule has 0 aromatic heterocycles. The Labute approximate surface area is 97.8 Å². The molecule has 2 saturated carbocycles. The van der Waals surface area contributed by atoms with Crippen LogP contribution in [0, 0.1) is 11.8 Å². The first-order chi connectivity index (χ1) is 7.79. The van der Waals surface area contributed by atoms with Crippen molar-refractivity contribution in [1.82, 2.24) is 0 Å². The summed E-state index contributed by atoms with van der Waals surface area (Å²) in [5, 5.41) is 0. The molecule has 2 fully saturated rings. The normalized spacial score (nSPS) is 28.9. The molecule has 0 aromatic carbocycles. The lowest BCUT2D eigenvalue weighted by Gasteiger charge is -2.32. The van der Waals surface area contributed by atoms with Gasteiger partial charge in [-0.1, -0.05) is 38.5 Å². The molecule has 0 amide bonds. The van der Waals surface area contributed by atoms with E-state index in [0.717, 1.165) is 51.4 Å². The van der Waals surface area contributed by atoms with Crippen molar-refractivity contribution < 1.29 is 8.78 Å². The van der Waals surface area contributed by atoms with Gasteiger partial charge in [0, 0.05) is 0 Å². The molecule has 0 nitrogen and oxygen atoms in total. The molecule has 0 radical (unpaired) electrons. The molecule has 0 bridgehead atoms. The van der Waals surface area contributed by atoms with Crippen LogP contribution in [0.5, 0.6) is 0 Å². The summed E-state index contributed by atoms with van der Waals surface area (Å²) in [6, 6.07) is 0. The van der Waals surface area contributed by atoms with E-state index in [9.17, 15) is 8.78 Å². The van der Waals surface area contributed by atoms with Crippen LogP contribution < -0.4 is 0 Å². The SMILES string of the molecule is F[C@@H](C1CCCCC1)[C@@H](F)C1CCCCC1. The number of hydrogen-bond acceptors (Lipinski definition) is 0. The maximum absolute atomic E-state index is 14.1. The largest absolute Gasteiger partial charge is 0.244 e. The lowest BCUT2D eigenvalue weighted by molar-refractivity contribution is 0.0394.